The van der Waals surface area contributed by atoms with Crippen LogP contribution in [0.4, 0.5) is 0 Å². The molecule has 0 aromatic heterocycles. The second kappa shape index (κ2) is 7.20. The molecule has 0 aliphatic carbocycles. The van der Waals surface area contributed by atoms with E-state index in [1.165, 1.54) is 6.42 Å². The van der Waals surface area contributed by atoms with E-state index in [0.29, 0.717) is 0 Å². The van der Waals surface area contributed by atoms with Crippen LogP contribution in [0.3, 0.4) is 0 Å². The first-order chi connectivity index (χ1) is 7.01. The molecule has 2 atom stereocenters. The molecule has 0 fully saturated rings. The van der Waals surface area contributed by atoms with Crippen LogP contribution < -0.4 is 5.32 Å². The van der Waals surface area contributed by atoms with Crippen molar-refractivity contribution in [3.63, 3.8) is 0 Å². The van der Waals surface area contributed by atoms with Crippen LogP contribution in [0.5, 0.6) is 0 Å². The lowest BCUT2D eigenvalue weighted by atomic mass is 10.0. The number of nitrogens with one attached hydrogen (secondary N) is 1. The van der Waals surface area contributed by atoms with E-state index in [-0.39, 0.29) is 12.1 Å². The molecular formula is C12H28N2O. The van der Waals surface area contributed by atoms with Crippen molar-refractivity contribution in [2.24, 2.45) is 5.92 Å². The van der Waals surface area contributed by atoms with Crippen LogP contribution in [0.25, 0.3) is 0 Å². The van der Waals surface area contributed by atoms with E-state index in [4.69, 9.17) is 0 Å². The van der Waals surface area contributed by atoms with Gasteiger partial charge in [0.05, 0.1) is 12.1 Å². The third-order valence-corrected chi connectivity index (χ3v) is 3.24. The highest BCUT2D eigenvalue weighted by Gasteiger charge is 2.24. The Labute approximate surface area is 94.9 Å². The lowest BCUT2D eigenvalue weighted by Gasteiger charge is -2.34. The smallest absolute Gasteiger partial charge is 0.0623 e. The first kappa shape index (κ1) is 14.9. The Kier molecular flexibility index (Phi) is 7.14. The van der Waals surface area contributed by atoms with Crippen molar-refractivity contribution < 1.29 is 5.11 Å². The van der Waals surface area contributed by atoms with E-state index in [1.54, 1.807) is 0 Å². The average Bonchev–Trinajstić information content (AvgIpc) is 2.27. The molecule has 2 N–H and O–H groups in total. The molecule has 0 aromatic carbocycles. The summed E-state index contributed by atoms with van der Waals surface area (Å²) in [5.74, 6) is 0.727. The molecule has 0 bridgehead atoms. The van der Waals surface area contributed by atoms with Crippen LogP contribution in [0.1, 0.15) is 34.1 Å². The molecule has 0 aliphatic rings. The molecule has 0 radical (unpaired) electrons. The zero-order valence-electron chi connectivity index (χ0n) is 11.0. The number of aliphatic hydroxyl groups excluding tert-OH is 1. The van der Waals surface area contributed by atoms with Gasteiger partial charge in [-0.25, -0.2) is 0 Å². The monoisotopic (exact) mass is 216 g/mol. The highest BCUT2D eigenvalue weighted by Crippen LogP contribution is 2.09. The van der Waals surface area contributed by atoms with Crippen molar-refractivity contribution in [2.45, 2.75) is 39.7 Å². The second-order valence-electron chi connectivity index (χ2n) is 4.81. The molecule has 0 heterocycles. The van der Waals surface area contributed by atoms with Crippen LogP contribution in [-0.4, -0.2) is 48.8 Å². The zero-order chi connectivity index (χ0) is 11.9. The zero-order valence-corrected chi connectivity index (χ0v) is 11.0. The fraction of sp³-hybridized carbons (Fsp3) is 1.00. The maximum Gasteiger partial charge on any atom is 0.0623 e. The first-order valence-corrected chi connectivity index (χ1v) is 6.03. The minimum absolute atomic E-state index is 0.177. The molecule has 15 heavy (non-hydrogen) atoms. The van der Waals surface area contributed by atoms with Crippen LogP contribution in [0.15, 0.2) is 0 Å². The van der Waals surface area contributed by atoms with Gasteiger partial charge in [-0.2, -0.15) is 0 Å². The Morgan fingerprint density at radius 3 is 2.33 bits per heavy atom. The summed E-state index contributed by atoms with van der Waals surface area (Å²) in [5, 5.41) is 12.5. The molecule has 0 spiro atoms. The Balaban J connectivity index is 4.18. The summed E-state index contributed by atoms with van der Waals surface area (Å²) in [6, 6.07) is 0. The maximum atomic E-state index is 9.33. The van der Waals surface area contributed by atoms with Crippen LogP contribution in [0.2, 0.25) is 0 Å². The predicted molar refractivity (Wildman–Crippen MR) is 66.1 cm³/mol. The molecule has 3 heteroatoms. The number of likely N-dealkylation sites (N-methyl/N-ethyl adjacent to an activating group) is 2. The highest BCUT2D eigenvalue weighted by atomic mass is 16.3. The molecular weight excluding hydrogens is 188 g/mol. The van der Waals surface area contributed by atoms with E-state index in [1.807, 2.05) is 7.05 Å². The largest absolute Gasteiger partial charge is 0.394 e. The molecule has 92 valence electrons. The van der Waals surface area contributed by atoms with Gasteiger partial charge in [0.1, 0.15) is 0 Å². The lowest BCUT2D eigenvalue weighted by molar-refractivity contribution is 0.120. The molecule has 0 aliphatic heterocycles. The summed E-state index contributed by atoms with van der Waals surface area (Å²) < 4.78 is 0. The second-order valence-corrected chi connectivity index (χ2v) is 4.81. The molecule has 3 nitrogen and oxygen atoms in total. The third kappa shape index (κ3) is 5.50. The van der Waals surface area contributed by atoms with Gasteiger partial charge in [-0.3, -0.25) is 0 Å². The first-order valence-electron chi connectivity index (χ1n) is 6.03. The minimum atomic E-state index is -0.177. The quantitative estimate of drug-likeness (QED) is 0.642. The standard InChI is InChI=1S/C12H28N2O/c1-6-11(3)8-14(7-2)9-12(4,10-15)13-5/h11,13,15H,6-10H2,1-5H3. The van der Waals surface area contributed by atoms with Gasteiger partial charge in [0.25, 0.3) is 0 Å². The van der Waals surface area contributed by atoms with Gasteiger partial charge >= 0.3 is 0 Å². The van der Waals surface area contributed by atoms with Crippen LogP contribution in [-0.2, 0) is 0 Å². The normalized spacial score (nSPS) is 17.8. The van der Waals surface area contributed by atoms with Crippen molar-refractivity contribution >= 4 is 0 Å². The van der Waals surface area contributed by atoms with E-state index in [9.17, 15) is 5.11 Å². The molecule has 2 unspecified atom stereocenters. The predicted octanol–water partition coefficient (Wildman–Crippen LogP) is 1.32. The average molecular weight is 216 g/mol. The Bertz CT molecular complexity index is 158. The summed E-state index contributed by atoms with van der Waals surface area (Å²) in [6.45, 7) is 12.0. The topological polar surface area (TPSA) is 35.5 Å². The van der Waals surface area contributed by atoms with Crippen molar-refractivity contribution in [2.75, 3.05) is 33.3 Å². The fourth-order valence-electron chi connectivity index (χ4n) is 1.58. The Hall–Kier alpha value is -0.120. The van der Waals surface area contributed by atoms with E-state index >= 15 is 0 Å². The van der Waals surface area contributed by atoms with Crippen LogP contribution in [0, 0.1) is 5.92 Å². The van der Waals surface area contributed by atoms with Gasteiger partial charge in [0, 0.05) is 13.1 Å². The van der Waals surface area contributed by atoms with E-state index in [0.717, 1.165) is 25.6 Å². The van der Waals surface area contributed by atoms with Gasteiger partial charge in [-0.15, -0.1) is 0 Å². The minimum Gasteiger partial charge on any atom is -0.394 e. The van der Waals surface area contributed by atoms with Crippen LogP contribution >= 0.6 is 0 Å². The SMILES string of the molecule is CCC(C)CN(CC)CC(C)(CO)NC. The van der Waals surface area contributed by atoms with Gasteiger partial charge < -0.3 is 15.3 Å². The molecule has 0 saturated carbocycles. The number of aliphatic hydroxyl groups is 1. The summed E-state index contributed by atoms with van der Waals surface area (Å²) >= 11 is 0. The fourth-order valence-corrected chi connectivity index (χ4v) is 1.58. The number of hydrogen-bond donors (Lipinski definition) is 2. The molecule has 0 aromatic rings. The highest BCUT2D eigenvalue weighted by molar-refractivity contribution is 4.84. The Morgan fingerprint density at radius 1 is 1.40 bits per heavy atom. The molecule has 0 saturated heterocycles. The van der Waals surface area contributed by atoms with Gasteiger partial charge in [0.15, 0.2) is 0 Å². The summed E-state index contributed by atoms with van der Waals surface area (Å²) in [5.41, 5.74) is -0.177. The maximum absolute atomic E-state index is 9.33. The van der Waals surface area contributed by atoms with Crippen molar-refractivity contribution in [1.82, 2.24) is 10.2 Å². The summed E-state index contributed by atoms with van der Waals surface area (Å²) in [7, 11) is 1.91. The van der Waals surface area contributed by atoms with E-state index in [2.05, 4.69) is 37.9 Å². The lowest BCUT2D eigenvalue weighted by Crippen LogP contribution is -2.53. The molecule has 0 amide bonds. The Morgan fingerprint density at radius 2 is 2.00 bits per heavy atom. The van der Waals surface area contributed by atoms with Gasteiger partial charge in [0.2, 0.25) is 0 Å². The number of hydrogen-bond acceptors (Lipinski definition) is 3. The van der Waals surface area contributed by atoms with Crippen molar-refractivity contribution in [3.8, 4) is 0 Å². The van der Waals surface area contributed by atoms with E-state index < -0.39 is 0 Å². The van der Waals surface area contributed by atoms with Gasteiger partial charge in [-0.1, -0.05) is 27.2 Å². The number of rotatable bonds is 8. The summed E-state index contributed by atoms with van der Waals surface area (Å²) in [4.78, 5) is 2.40. The van der Waals surface area contributed by atoms with Crippen molar-refractivity contribution in [1.29, 1.82) is 0 Å². The summed E-state index contributed by atoms with van der Waals surface area (Å²) in [6.07, 6.45) is 1.21. The third-order valence-electron chi connectivity index (χ3n) is 3.24. The van der Waals surface area contributed by atoms with Gasteiger partial charge in [-0.05, 0) is 26.4 Å². The number of nitrogens with zero attached hydrogens (tertiary/aromatic N) is 1. The van der Waals surface area contributed by atoms with Crippen molar-refractivity contribution in [3.05, 3.63) is 0 Å². The molecule has 0 rings (SSSR count).